The van der Waals surface area contributed by atoms with Gasteiger partial charge in [0.1, 0.15) is 0 Å². The van der Waals surface area contributed by atoms with E-state index in [9.17, 15) is 0 Å². The lowest BCUT2D eigenvalue weighted by molar-refractivity contribution is 0.874. The molecule has 3 aromatic heterocycles. The zero-order chi connectivity index (χ0) is 30.2. The Morgan fingerprint density at radius 2 is 0.674 bits per heavy atom. The molecule has 0 saturated carbocycles. The summed E-state index contributed by atoms with van der Waals surface area (Å²) in [4.78, 5) is 20.4. The predicted molar refractivity (Wildman–Crippen MR) is 187 cm³/mol. The molecule has 4 heterocycles. The fourth-order valence-electron chi connectivity index (χ4n) is 6.84. The number of fused-ring (bicyclic) bond motifs is 8. The highest BCUT2D eigenvalue weighted by atomic mass is 32.2. The highest BCUT2D eigenvalue weighted by Gasteiger charge is 2.28. The van der Waals surface area contributed by atoms with Gasteiger partial charge in [-0.15, -0.1) is 0 Å². The highest BCUT2D eigenvalue weighted by molar-refractivity contribution is 7.99. The van der Waals surface area contributed by atoms with Gasteiger partial charge in [-0.05, 0) is 48.5 Å². The van der Waals surface area contributed by atoms with Crippen LogP contribution < -0.4 is 4.90 Å². The number of benzene rings is 6. The average Bonchev–Trinajstić information content (AvgIpc) is 3.64. The number of para-hydroxylation sites is 6. The number of rotatable bonds is 3. The van der Waals surface area contributed by atoms with Crippen molar-refractivity contribution in [1.29, 1.82) is 0 Å². The zero-order valence-corrected chi connectivity index (χ0v) is 25.3. The summed E-state index contributed by atoms with van der Waals surface area (Å²) in [6.07, 6.45) is 0. The van der Waals surface area contributed by atoms with Gasteiger partial charge in [0.15, 0.2) is 0 Å². The van der Waals surface area contributed by atoms with E-state index in [0.717, 1.165) is 64.8 Å². The van der Waals surface area contributed by atoms with Crippen LogP contribution in [0.4, 0.5) is 17.3 Å². The molecular formula is C39H24N6S. The fraction of sp³-hybridized carbons (Fsp3) is 0. The first-order valence-electron chi connectivity index (χ1n) is 15.2. The van der Waals surface area contributed by atoms with Crippen LogP contribution >= 0.6 is 11.8 Å². The zero-order valence-electron chi connectivity index (χ0n) is 24.4. The largest absolute Gasteiger partial charge is 0.278 e. The molecular weight excluding hydrogens is 585 g/mol. The number of aromatic nitrogens is 5. The minimum atomic E-state index is 0.559. The molecule has 6 nitrogen and oxygen atoms in total. The van der Waals surface area contributed by atoms with E-state index in [-0.39, 0.29) is 0 Å². The summed E-state index contributed by atoms with van der Waals surface area (Å²) in [7, 11) is 0. The maximum absolute atomic E-state index is 5.31. The summed E-state index contributed by atoms with van der Waals surface area (Å²) in [5.74, 6) is 1.68. The van der Waals surface area contributed by atoms with E-state index in [2.05, 4.69) is 160 Å². The fourth-order valence-corrected chi connectivity index (χ4v) is 7.90. The molecule has 9 aromatic rings. The predicted octanol–water partition coefficient (Wildman–Crippen LogP) is 10.0. The Balaban J connectivity index is 1.34. The minimum absolute atomic E-state index is 0.559. The second-order valence-electron chi connectivity index (χ2n) is 11.3. The summed E-state index contributed by atoms with van der Waals surface area (Å²) in [6.45, 7) is 0. The van der Waals surface area contributed by atoms with Crippen molar-refractivity contribution < 1.29 is 0 Å². The second kappa shape index (κ2) is 9.79. The summed E-state index contributed by atoms with van der Waals surface area (Å²) in [6, 6.07) is 50.8. The Labute approximate surface area is 268 Å². The van der Waals surface area contributed by atoms with Crippen LogP contribution in [0.1, 0.15) is 0 Å². The average molecular weight is 609 g/mol. The van der Waals surface area contributed by atoms with E-state index in [4.69, 9.17) is 15.0 Å². The van der Waals surface area contributed by atoms with Gasteiger partial charge in [0.25, 0.3) is 0 Å². The van der Waals surface area contributed by atoms with E-state index in [0.29, 0.717) is 17.8 Å². The normalized spacial score (nSPS) is 12.7. The Kier molecular flexibility index (Phi) is 5.41. The van der Waals surface area contributed by atoms with Gasteiger partial charge in [0.2, 0.25) is 17.8 Å². The van der Waals surface area contributed by atoms with Crippen molar-refractivity contribution in [2.24, 2.45) is 0 Å². The first kappa shape index (κ1) is 25.4. The van der Waals surface area contributed by atoms with Crippen molar-refractivity contribution in [2.45, 2.75) is 9.79 Å². The van der Waals surface area contributed by atoms with Crippen molar-refractivity contribution in [3.63, 3.8) is 0 Å². The molecule has 0 fully saturated rings. The van der Waals surface area contributed by atoms with Gasteiger partial charge < -0.3 is 0 Å². The molecule has 0 amide bonds. The van der Waals surface area contributed by atoms with Crippen molar-refractivity contribution >= 4 is 72.7 Å². The summed E-state index contributed by atoms with van der Waals surface area (Å²) in [5.41, 5.74) is 6.26. The van der Waals surface area contributed by atoms with Crippen LogP contribution in [0.15, 0.2) is 155 Å². The van der Waals surface area contributed by atoms with Crippen LogP contribution in [0.5, 0.6) is 0 Å². The van der Waals surface area contributed by atoms with E-state index in [1.807, 2.05) is 0 Å². The molecule has 0 radical (unpaired) electrons. The maximum atomic E-state index is 5.31. The van der Waals surface area contributed by atoms with E-state index in [1.165, 1.54) is 0 Å². The van der Waals surface area contributed by atoms with Crippen LogP contribution in [0, 0.1) is 0 Å². The van der Waals surface area contributed by atoms with E-state index >= 15 is 0 Å². The number of nitrogens with zero attached hydrogens (tertiary/aromatic N) is 6. The molecule has 1 aliphatic heterocycles. The summed E-state index contributed by atoms with van der Waals surface area (Å²) < 4.78 is 4.34. The first-order chi connectivity index (χ1) is 22.8. The Morgan fingerprint density at radius 3 is 1.09 bits per heavy atom. The monoisotopic (exact) mass is 608 g/mol. The highest BCUT2D eigenvalue weighted by Crippen LogP contribution is 2.50. The van der Waals surface area contributed by atoms with Gasteiger partial charge in [-0.2, -0.15) is 15.0 Å². The summed E-state index contributed by atoms with van der Waals surface area (Å²) >= 11 is 1.77. The van der Waals surface area contributed by atoms with Gasteiger partial charge in [-0.3, -0.25) is 14.0 Å². The van der Waals surface area contributed by atoms with Crippen molar-refractivity contribution in [1.82, 2.24) is 24.1 Å². The van der Waals surface area contributed by atoms with Crippen LogP contribution in [0.25, 0.3) is 55.5 Å². The molecule has 0 N–H and O–H groups in total. The van der Waals surface area contributed by atoms with Gasteiger partial charge >= 0.3 is 0 Å². The molecule has 0 saturated heterocycles. The third-order valence-corrected chi connectivity index (χ3v) is 9.92. The maximum Gasteiger partial charge on any atom is 0.241 e. The molecule has 0 spiro atoms. The minimum Gasteiger partial charge on any atom is -0.278 e. The van der Waals surface area contributed by atoms with Crippen molar-refractivity contribution in [2.75, 3.05) is 4.90 Å². The molecule has 0 aliphatic carbocycles. The molecule has 7 heteroatoms. The first-order valence-corrected chi connectivity index (χ1v) is 16.0. The van der Waals surface area contributed by atoms with E-state index in [1.54, 1.807) is 11.8 Å². The van der Waals surface area contributed by atoms with Gasteiger partial charge in [-0.25, -0.2) is 0 Å². The molecule has 46 heavy (non-hydrogen) atoms. The van der Waals surface area contributed by atoms with Gasteiger partial charge in [0, 0.05) is 31.3 Å². The third kappa shape index (κ3) is 3.63. The van der Waals surface area contributed by atoms with Crippen molar-refractivity contribution in [3.05, 3.63) is 146 Å². The Bertz CT molecular complexity index is 2370. The number of anilines is 3. The number of hydrogen-bond donors (Lipinski definition) is 0. The molecule has 10 rings (SSSR count). The Hall–Kier alpha value is -5.92. The molecule has 1 aliphatic rings. The SMILES string of the molecule is c1ccc2c(c1)Sc1ccccc1N2c1nc(-n2c3ccccc3c3ccccc32)nc(-n2c3ccccc3c3ccccc32)n1. The van der Waals surface area contributed by atoms with Gasteiger partial charge in [-0.1, -0.05) is 109 Å². The lowest BCUT2D eigenvalue weighted by Gasteiger charge is -2.31. The smallest absolute Gasteiger partial charge is 0.241 e. The number of hydrogen-bond acceptors (Lipinski definition) is 5. The quantitative estimate of drug-likeness (QED) is 0.200. The Morgan fingerprint density at radius 1 is 0.348 bits per heavy atom. The van der Waals surface area contributed by atoms with Crippen molar-refractivity contribution in [3.8, 4) is 11.9 Å². The van der Waals surface area contributed by atoms with Crippen LogP contribution in [-0.2, 0) is 0 Å². The summed E-state index contributed by atoms with van der Waals surface area (Å²) in [5, 5.41) is 4.62. The molecule has 6 aromatic carbocycles. The molecule has 0 unspecified atom stereocenters. The standard InChI is InChI=1S/C39H24N6S/c1-5-17-29-25(13-1)26-14-2-6-18-30(26)43(29)37-40-38(44-31-19-7-3-15-27(31)28-16-4-8-20-32(28)44)42-39(41-37)45-33-21-9-11-23-35(33)46-36-24-12-10-22-34(36)45/h1-24H. The molecule has 0 bridgehead atoms. The lowest BCUT2D eigenvalue weighted by atomic mass is 10.2. The van der Waals surface area contributed by atoms with Crippen LogP contribution in [0.2, 0.25) is 0 Å². The molecule has 0 atom stereocenters. The molecule has 216 valence electrons. The lowest BCUT2D eigenvalue weighted by Crippen LogP contribution is -2.20. The second-order valence-corrected chi connectivity index (χ2v) is 12.4. The third-order valence-electron chi connectivity index (χ3n) is 8.79. The van der Waals surface area contributed by atoms with Gasteiger partial charge in [0.05, 0.1) is 33.4 Å². The van der Waals surface area contributed by atoms with E-state index < -0.39 is 0 Å². The van der Waals surface area contributed by atoms with Crippen LogP contribution in [0.3, 0.4) is 0 Å². The van der Waals surface area contributed by atoms with Crippen LogP contribution in [-0.4, -0.2) is 24.1 Å². The topological polar surface area (TPSA) is 51.8 Å².